The van der Waals surface area contributed by atoms with E-state index >= 15 is 0 Å². The Balaban J connectivity index is -0.000000165. The predicted molar refractivity (Wildman–Crippen MR) is 95.0 cm³/mol. The summed E-state index contributed by atoms with van der Waals surface area (Å²) < 4.78 is 0. The number of nitrogens with two attached hydrogens (primary N) is 1. The first kappa shape index (κ1) is 27.8. The predicted octanol–water partition coefficient (Wildman–Crippen LogP) is 4.89. The monoisotopic (exact) mass is 316 g/mol. The maximum absolute atomic E-state index is 5.42. The average molecular weight is 317 g/mol. The molecule has 0 spiro atoms. The molecule has 0 saturated carbocycles. The molecule has 0 fully saturated rings. The third-order valence-electron chi connectivity index (χ3n) is 2.56. The smallest absolute Gasteiger partial charge is 0.00773 e. The molecule has 0 aromatic rings. The summed E-state index contributed by atoms with van der Waals surface area (Å²) in [4.78, 5) is 2.00. The molecule has 0 aliphatic carbocycles. The van der Waals surface area contributed by atoms with Crippen LogP contribution in [0.5, 0.6) is 0 Å². The lowest BCUT2D eigenvalue weighted by atomic mass is 10.1. The summed E-state index contributed by atoms with van der Waals surface area (Å²) >= 11 is 0. The molecule has 0 atom stereocenters. The molecule has 2 N–H and O–H groups in total. The van der Waals surface area contributed by atoms with Gasteiger partial charge in [-0.05, 0) is 34.1 Å². The lowest BCUT2D eigenvalue weighted by Gasteiger charge is -2.00. The van der Waals surface area contributed by atoms with Crippen LogP contribution >= 0.6 is 24.8 Å². The van der Waals surface area contributed by atoms with E-state index in [2.05, 4.69) is 6.92 Å². The molecule has 0 aromatic carbocycles. The number of rotatable bonds is 10. The van der Waals surface area contributed by atoms with Crippen LogP contribution in [0.4, 0.5) is 0 Å². The van der Waals surface area contributed by atoms with Gasteiger partial charge in [-0.2, -0.15) is 0 Å². The summed E-state index contributed by atoms with van der Waals surface area (Å²) in [6, 6.07) is 0. The van der Waals surface area contributed by atoms with Crippen molar-refractivity contribution in [3.8, 4) is 0 Å². The van der Waals surface area contributed by atoms with Gasteiger partial charge in [0, 0.05) is 0 Å². The Morgan fingerprint density at radius 2 is 0.895 bits per heavy atom. The van der Waals surface area contributed by atoms with Gasteiger partial charge in [-0.1, -0.05) is 64.7 Å². The third-order valence-corrected chi connectivity index (χ3v) is 2.56. The first-order chi connectivity index (χ1) is 8.15. The number of hydrogen-bond acceptors (Lipinski definition) is 2. The van der Waals surface area contributed by atoms with Crippen LogP contribution in [-0.4, -0.2) is 32.6 Å². The molecular weight excluding hydrogens is 279 g/mol. The lowest BCUT2D eigenvalue weighted by Crippen LogP contribution is -1.99. The lowest BCUT2D eigenvalue weighted by molar-refractivity contribution is 0.505. The minimum absolute atomic E-state index is 0. The number of hydrogen-bond donors (Lipinski definition) is 1. The van der Waals surface area contributed by atoms with Gasteiger partial charge in [0.15, 0.2) is 0 Å². The molecule has 0 aliphatic heterocycles. The van der Waals surface area contributed by atoms with Gasteiger partial charge in [-0.25, -0.2) is 0 Å². The maximum Gasteiger partial charge on any atom is -0.00773 e. The molecule has 4 heteroatoms. The molecule has 0 radical (unpaired) electrons. The van der Waals surface area contributed by atoms with Gasteiger partial charge in [-0.3, -0.25) is 0 Å². The minimum atomic E-state index is 0. The second-order valence-electron chi connectivity index (χ2n) is 5.31. The average Bonchev–Trinajstić information content (AvgIpc) is 2.26. The van der Waals surface area contributed by atoms with Gasteiger partial charge in [-0.15, -0.1) is 24.8 Å². The van der Waals surface area contributed by atoms with E-state index in [0.29, 0.717) is 0 Å². The van der Waals surface area contributed by atoms with Gasteiger partial charge in [0.2, 0.25) is 0 Å². The molecule has 0 bridgehead atoms. The summed E-state index contributed by atoms with van der Waals surface area (Å²) in [6.07, 6.45) is 13.9. The zero-order valence-electron chi connectivity index (χ0n) is 13.6. The molecule has 2 nitrogen and oxygen atoms in total. The Bertz CT molecular complexity index is 110. The highest BCUT2D eigenvalue weighted by atomic mass is 35.5. The maximum atomic E-state index is 5.42. The molecule has 122 valence electrons. The van der Waals surface area contributed by atoms with E-state index in [9.17, 15) is 0 Å². The Morgan fingerprint density at radius 3 is 1.16 bits per heavy atom. The van der Waals surface area contributed by atoms with Crippen molar-refractivity contribution < 1.29 is 0 Å². The van der Waals surface area contributed by atoms with Gasteiger partial charge >= 0.3 is 0 Å². The highest BCUT2D eigenvalue weighted by molar-refractivity contribution is 5.85. The van der Waals surface area contributed by atoms with Crippen molar-refractivity contribution in [1.29, 1.82) is 0 Å². The van der Waals surface area contributed by atoms with E-state index in [0.717, 1.165) is 6.54 Å². The van der Waals surface area contributed by atoms with Crippen LogP contribution in [0.1, 0.15) is 71.1 Å². The van der Waals surface area contributed by atoms with E-state index in [-0.39, 0.29) is 24.8 Å². The molecule has 0 unspecified atom stereocenters. The van der Waals surface area contributed by atoms with Gasteiger partial charge in [0.1, 0.15) is 0 Å². The minimum Gasteiger partial charge on any atom is -0.330 e. The zero-order valence-corrected chi connectivity index (χ0v) is 15.3. The topological polar surface area (TPSA) is 29.3 Å². The summed E-state index contributed by atoms with van der Waals surface area (Å²) in [5.74, 6) is 0. The molecule has 0 rings (SSSR count). The van der Waals surface area contributed by atoms with E-state index in [4.69, 9.17) is 5.73 Å². The number of unbranched alkanes of at least 4 members (excludes halogenated alkanes) is 9. The van der Waals surface area contributed by atoms with E-state index in [1.54, 1.807) is 0 Å². The van der Waals surface area contributed by atoms with Crippen molar-refractivity contribution in [1.82, 2.24) is 4.90 Å². The normalized spacial score (nSPS) is 9.16. The fourth-order valence-electron chi connectivity index (χ4n) is 1.63. The van der Waals surface area contributed by atoms with Crippen LogP contribution in [0, 0.1) is 0 Å². The second-order valence-corrected chi connectivity index (χ2v) is 5.31. The van der Waals surface area contributed by atoms with Gasteiger partial charge in [0.25, 0.3) is 0 Å². The van der Waals surface area contributed by atoms with Crippen LogP contribution < -0.4 is 5.73 Å². The van der Waals surface area contributed by atoms with Crippen molar-refractivity contribution in [3.05, 3.63) is 0 Å². The Kier molecular flexibility index (Phi) is 39.4. The Morgan fingerprint density at radius 1 is 0.632 bits per heavy atom. The van der Waals surface area contributed by atoms with Crippen molar-refractivity contribution in [2.24, 2.45) is 5.73 Å². The van der Waals surface area contributed by atoms with Crippen molar-refractivity contribution in [2.75, 3.05) is 27.7 Å². The molecule has 0 aromatic heterocycles. The highest BCUT2D eigenvalue weighted by Gasteiger charge is 1.91. The van der Waals surface area contributed by atoms with E-state index in [1.165, 1.54) is 64.2 Å². The summed E-state index contributed by atoms with van der Waals surface area (Å²) in [6.45, 7) is 3.14. The van der Waals surface area contributed by atoms with Crippen molar-refractivity contribution >= 4 is 24.8 Å². The molecular formula is C15H38Cl2N2. The molecule has 19 heavy (non-hydrogen) atoms. The van der Waals surface area contributed by atoms with Gasteiger partial charge < -0.3 is 10.6 Å². The van der Waals surface area contributed by atoms with E-state index < -0.39 is 0 Å². The quantitative estimate of drug-likeness (QED) is 0.581. The van der Waals surface area contributed by atoms with Crippen molar-refractivity contribution in [3.63, 3.8) is 0 Å². The SMILES string of the molecule is CCCCCCCCCCCCN.CN(C)C.Cl.Cl. The van der Waals surface area contributed by atoms with Crippen LogP contribution in [-0.2, 0) is 0 Å². The van der Waals surface area contributed by atoms with Crippen molar-refractivity contribution in [2.45, 2.75) is 71.1 Å². The molecule has 0 aliphatic rings. The van der Waals surface area contributed by atoms with Crippen LogP contribution in [0.3, 0.4) is 0 Å². The molecule has 0 saturated heterocycles. The largest absolute Gasteiger partial charge is 0.330 e. The molecule has 0 heterocycles. The first-order valence-corrected chi connectivity index (χ1v) is 7.46. The second kappa shape index (κ2) is 26.9. The zero-order chi connectivity index (χ0) is 13.4. The first-order valence-electron chi connectivity index (χ1n) is 7.46. The van der Waals surface area contributed by atoms with Crippen LogP contribution in [0.15, 0.2) is 0 Å². The van der Waals surface area contributed by atoms with Gasteiger partial charge in [0.05, 0.1) is 0 Å². The number of nitrogens with zero attached hydrogens (tertiary/aromatic N) is 1. The fourth-order valence-corrected chi connectivity index (χ4v) is 1.63. The Labute approximate surface area is 134 Å². The highest BCUT2D eigenvalue weighted by Crippen LogP contribution is 2.09. The number of halogens is 2. The van der Waals surface area contributed by atoms with E-state index in [1.807, 2.05) is 26.0 Å². The summed E-state index contributed by atoms with van der Waals surface area (Å²) in [5.41, 5.74) is 5.42. The van der Waals surface area contributed by atoms with Crippen LogP contribution in [0.2, 0.25) is 0 Å². The third kappa shape index (κ3) is 45.7. The standard InChI is InChI=1S/C12H27N.C3H9N.2ClH/c1-2-3-4-5-6-7-8-9-10-11-12-13;1-4(2)3;;/h2-13H2,1H3;1-3H3;2*1H. The summed E-state index contributed by atoms with van der Waals surface area (Å²) in [7, 11) is 6.00. The molecule has 0 amide bonds. The summed E-state index contributed by atoms with van der Waals surface area (Å²) in [5, 5.41) is 0. The van der Waals surface area contributed by atoms with Crippen LogP contribution in [0.25, 0.3) is 0 Å². The Hall–Kier alpha value is 0.500. The fraction of sp³-hybridized carbons (Fsp3) is 1.00.